The van der Waals surface area contributed by atoms with Crippen LogP contribution in [0.2, 0.25) is 0 Å². The molecule has 4 rings (SSSR count). The van der Waals surface area contributed by atoms with Crippen molar-refractivity contribution in [1.82, 2.24) is 0 Å². The molecule has 0 aliphatic heterocycles. The van der Waals surface area contributed by atoms with Crippen molar-refractivity contribution in [2.45, 2.75) is 118 Å². The predicted molar refractivity (Wildman–Crippen MR) is 118 cm³/mol. The molecule has 0 heterocycles. The fourth-order valence-corrected chi connectivity index (χ4v) is 8.96. The van der Waals surface area contributed by atoms with E-state index in [2.05, 4.69) is 27.7 Å². The molecular formula is C27H48. The van der Waals surface area contributed by atoms with Crippen LogP contribution in [0.25, 0.3) is 0 Å². The first-order valence-electron chi connectivity index (χ1n) is 13.1. The van der Waals surface area contributed by atoms with Crippen LogP contribution in [0.3, 0.4) is 0 Å². The smallest absolute Gasteiger partial charge is 0.0179 e. The molecule has 156 valence electrons. The third-order valence-electron chi connectivity index (χ3n) is 10.7. The van der Waals surface area contributed by atoms with Gasteiger partial charge < -0.3 is 0 Å². The van der Waals surface area contributed by atoms with Crippen molar-refractivity contribution in [2.24, 2.45) is 52.8 Å². The normalized spacial score (nSPS) is 44.0. The molecule has 0 radical (unpaired) electrons. The van der Waals surface area contributed by atoms with E-state index >= 15 is 0 Å². The lowest BCUT2D eigenvalue weighted by atomic mass is 9.49. The summed E-state index contributed by atoms with van der Waals surface area (Å²) in [6.07, 6.45) is 21.6. The maximum Gasteiger partial charge on any atom is -0.0179 e. The average Bonchev–Trinajstić information content (AvgIpc) is 3.20. The van der Waals surface area contributed by atoms with Crippen LogP contribution in [0.5, 0.6) is 0 Å². The molecule has 0 heteroatoms. The summed E-state index contributed by atoms with van der Waals surface area (Å²) in [7, 11) is 0. The first-order valence-corrected chi connectivity index (χ1v) is 13.1. The summed E-state index contributed by atoms with van der Waals surface area (Å²) in [5, 5.41) is 0. The monoisotopic (exact) mass is 372 g/mol. The number of hydrogen-bond donors (Lipinski definition) is 0. The molecule has 27 heavy (non-hydrogen) atoms. The van der Waals surface area contributed by atoms with Crippen molar-refractivity contribution in [3.63, 3.8) is 0 Å². The van der Waals surface area contributed by atoms with Crippen LogP contribution in [0.4, 0.5) is 0 Å². The second-order valence-electron chi connectivity index (χ2n) is 11.6. The highest BCUT2D eigenvalue weighted by Gasteiger charge is 2.73. The van der Waals surface area contributed by atoms with Gasteiger partial charge in [-0.1, -0.05) is 79.1 Å². The Bertz CT molecular complexity index is 480. The molecule has 0 amide bonds. The number of hydrogen-bond acceptors (Lipinski definition) is 0. The fraction of sp³-hybridized carbons (Fsp3) is 1.00. The van der Waals surface area contributed by atoms with Crippen molar-refractivity contribution >= 4 is 0 Å². The van der Waals surface area contributed by atoms with Gasteiger partial charge in [-0.2, -0.15) is 0 Å². The molecular weight excluding hydrogens is 324 g/mol. The van der Waals surface area contributed by atoms with E-state index in [0.29, 0.717) is 0 Å². The lowest BCUT2D eigenvalue weighted by Crippen LogP contribution is -2.50. The van der Waals surface area contributed by atoms with Gasteiger partial charge in [0.2, 0.25) is 0 Å². The highest BCUT2D eigenvalue weighted by atomic mass is 14.8. The van der Waals surface area contributed by atoms with E-state index in [1.54, 1.807) is 44.9 Å². The van der Waals surface area contributed by atoms with Crippen LogP contribution < -0.4 is 0 Å². The molecule has 0 aromatic rings. The van der Waals surface area contributed by atoms with Crippen molar-refractivity contribution in [2.75, 3.05) is 0 Å². The molecule has 0 N–H and O–H groups in total. The third-order valence-corrected chi connectivity index (χ3v) is 10.7. The van der Waals surface area contributed by atoms with Crippen LogP contribution >= 0.6 is 0 Å². The molecule has 4 aliphatic rings. The minimum Gasteiger partial charge on any atom is -0.0654 e. The van der Waals surface area contributed by atoms with Gasteiger partial charge in [-0.3, -0.25) is 0 Å². The Labute approximate surface area is 170 Å². The van der Waals surface area contributed by atoms with Gasteiger partial charge in [0, 0.05) is 0 Å². The molecule has 4 fully saturated rings. The fourth-order valence-electron chi connectivity index (χ4n) is 8.96. The van der Waals surface area contributed by atoms with E-state index in [4.69, 9.17) is 0 Å². The molecule has 0 aromatic carbocycles. The first kappa shape index (κ1) is 20.3. The standard InChI is InChI=1S/C27H48/c1-5-7-8-9-10-11-21-16-23-14-15-24-17-22(13-12-20(4)19(3)6-2)26-18-25(21)27(23,24)26/h19-26H,5-18H2,1-4H3/t19?,20?,21?,22?,23?,24?,25-,26+,27+/m1/s1. The van der Waals surface area contributed by atoms with Crippen molar-refractivity contribution in [3.8, 4) is 0 Å². The van der Waals surface area contributed by atoms with Gasteiger partial charge >= 0.3 is 0 Å². The number of unbranched alkanes of at least 4 members (excludes halogenated alkanes) is 4. The van der Waals surface area contributed by atoms with Crippen molar-refractivity contribution in [3.05, 3.63) is 0 Å². The minimum atomic E-state index is 0.887. The van der Waals surface area contributed by atoms with Gasteiger partial charge in [0.15, 0.2) is 0 Å². The van der Waals surface area contributed by atoms with Crippen molar-refractivity contribution in [1.29, 1.82) is 0 Å². The third kappa shape index (κ3) is 3.34. The van der Waals surface area contributed by atoms with E-state index in [9.17, 15) is 0 Å². The largest absolute Gasteiger partial charge is 0.0654 e. The highest BCUT2D eigenvalue weighted by molar-refractivity contribution is 5.22. The van der Waals surface area contributed by atoms with Crippen molar-refractivity contribution < 1.29 is 0 Å². The zero-order chi connectivity index (χ0) is 19.0. The van der Waals surface area contributed by atoms with Gasteiger partial charge in [-0.05, 0) is 91.3 Å². The molecule has 9 atom stereocenters. The van der Waals surface area contributed by atoms with E-state index in [0.717, 1.165) is 46.8 Å². The van der Waals surface area contributed by atoms with Gasteiger partial charge in [-0.25, -0.2) is 0 Å². The lowest BCUT2D eigenvalue weighted by molar-refractivity contribution is -0.0756. The maximum absolute atomic E-state index is 2.53. The molecule has 0 aromatic heterocycles. The Morgan fingerprint density at radius 1 is 0.741 bits per heavy atom. The van der Waals surface area contributed by atoms with Gasteiger partial charge in [-0.15, -0.1) is 0 Å². The molecule has 1 spiro atoms. The minimum absolute atomic E-state index is 0.887. The molecule has 0 nitrogen and oxygen atoms in total. The van der Waals surface area contributed by atoms with Gasteiger partial charge in [0.25, 0.3) is 0 Å². The topological polar surface area (TPSA) is 0 Å². The summed E-state index contributed by atoms with van der Waals surface area (Å²) in [6, 6.07) is 0. The zero-order valence-electron chi connectivity index (χ0n) is 19.0. The average molecular weight is 373 g/mol. The van der Waals surface area contributed by atoms with E-state index in [1.807, 2.05) is 0 Å². The Morgan fingerprint density at radius 2 is 1.37 bits per heavy atom. The van der Waals surface area contributed by atoms with Gasteiger partial charge in [0.05, 0.1) is 0 Å². The van der Waals surface area contributed by atoms with E-state index in [-0.39, 0.29) is 0 Å². The van der Waals surface area contributed by atoms with Gasteiger partial charge in [0.1, 0.15) is 0 Å². The Morgan fingerprint density at radius 3 is 2.00 bits per heavy atom. The van der Waals surface area contributed by atoms with E-state index in [1.165, 1.54) is 50.9 Å². The summed E-state index contributed by atoms with van der Waals surface area (Å²) in [5.74, 6) is 8.76. The summed E-state index contributed by atoms with van der Waals surface area (Å²) in [6.45, 7) is 9.72. The molecule has 4 aliphatic carbocycles. The Kier molecular flexibility index (Phi) is 6.30. The Hall–Kier alpha value is 0. The van der Waals surface area contributed by atoms with Crippen LogP contribution in [-0.2, 0) is 0 Å². The van der Waals surface area contributed by atoms with Crippen LogP contribution in [0.15, 0.2) is 0 Å². The van der Waals surface area contributed by atoms with E-state index < -0.39 is 0 Å². The van der Waals surface area contributed by atoms with Crippen LogP contribution in [0.1, 0.15) is 118 Å². The van der Waals surface area contributed by atoms with Crippen LogP contribution in [0, 0.1) is 52.8 Å². The van der Waals surface area contributed by atoms with Crippen LogP contribution in [-0.4, -0.2) is 0 Å². The first-order chi connectivity index (χ1) is 13.1. The molecule has 0 bridgehead atoms. The quantitative estimate of drug-likeness (QED) is 0.319. The second kappa shape index (κ2) is 8.39. The molecule has 0 saturated heterocycles. The highest BCUT2D eigenvalue weighted by Crippen LogP contribution is 2.80. The predicted octanol–water partition coefficient (Wildman–Crippen LogP) is 8.50. The summed E-state index contributed by atoms with van der Waals surface area (Å²) in [5.41, 5.74) is 0.887. The SMILES string of the molecule is CCCCCCCC1CC2CCC3CC(CCC(C)C(C)CC)[C@@H]4C[C@H]1[C@]234. The summed E-state index contributed by atoms with van der Waals surface area (Å²) >= 11 is 0. The molecule has 6 unspecified atom stereocenters. The maximum atomic E-state index is 2.53. The second-order valence-corrected chi connectivity index (χ2v) is 11.6. The Balaban J connectivity index is 1.32. The summed E-state index contributed by atoms with van der Waals surface area (Å²) in [4.78, 5) is 0. The number of rotatable bonds is 11. The zero-order valence-corrected chi connectivity index (χ0v) is 19.0. The summed E-state index contributed by atoms with van der Waals surface area (Å²) < 4.78 is 0. The molecule has 4 saturated carbocycles. The lowest BCUT2D eigenvalue weighted by Gasteiger charge is -2.55.